The summed E-state index contributed by atoms with van der Waals surface area (Å²) in [5.41, 5.74) is 1.75. The predicted octanol–water partition coefficient (Wildman–Crippen LogP) is 2.01. The fourth-order valence-corrected chi connectivity index (χ4v) is 5.15. The maximum atomic E-state index is 13.3. The van der Waals surface area contributed by atoms with Crippen LogP contribution in [0.3, 0.4) is 0 Å². The first kappa shape index (κ1) is 21.5. The summed E-state index contributed by atoms with van der Waals surface area (Å²) in [6.45, 7) is 5.35. The van der Waals surface area contributed by atoms with Crippen molar-refractivity contribution < 1.29 is 9.53 Å². The van der Waals surface area contributed by atoms with Gasteiger partial charge in [0.15, 0.2) is 0 Å². The van der Waals surface area contributed by atoms with Crippen molar-refractivity contribution in [2.45, 2.75) is 51.2 Å². The van der Waals surface area contributed by atoms with E-state index in [1.165, 1.54) is 11.6 Å². The smallest absolute Gasteiger partial charge is 0.333 e. The molecular weight excluding hydrogens is 422 g/mol. The number of carbonyl (C=O) groups is 1. The second-order valence-electron chi connectivity index (χ2n) is 9.55. The average molecular weight is 452 g/mol. The van der Waals surface area contributed by atoms with Gasteiger partial charge in [-0.05, 0) is 44.9 Å². The lowest BCUT2D eigenvalue weighted by Crippen LogP contribution is -2.38. The third-order valence-electron chi connectivity index (χ3n) is 7.07. The van der Waals surface area contributed by atoms with Crippen molar-refractivity contribution in [3.63, 3.8) is 0 Å². The molecule has 2 aromatic heterocycles. The van der Waals surface area contributed by atoms with E-state index in [1.54, 1.807) is 7.05 Å². The van der Waals surface area contributed by atoms with E-state index >= 15 is 0 Å². The van der Waals surface area contributed by atoms with Crippen molar-refractivity contribution in [3.8, 4) is 5.88 Å². The normalized spacial score (nSPS) is 20.3. The van der Waals surface area contributed by atoms with Crippen molar-refractivity contribution in [2.24, 2.45) is 14.1 Å². The van der Waals surface area contributed by atoms with E-state index in [0.717, 1.165) is 28.4 Å². The molecule has 33 heavy (non-hydrogen) atoms. The second kappa shape index (κ2) is 7.60. The molecule has 0 bridgehead atoms. The molecule has 0 N–H and O–H groups in total. The second-order valence-corrected chi connectivity index (χ2v) is 9.55. The Morgan fingerprint density at radius 3 is 2.67 bits per heavy atom. The molecule has 5 rings (SSSR count). The van der Waals surface area contributed by atoms with Gasteiger partial charge in [-0.15, -0.1) is 0 Å². The number of nitrogens with zero attached hydrogens (tertiary/aromatic N) is 5. The number of imidazole rings is 1. The molecule has 4 heterocycles. The van der Waals surface area contributed by atoms with Gasteiger partial charge in [-0.3, -0.25) is 18.7 Å². The molecule has 174 valence electrons. The molecule has 9 nitrogen and oxygen atoms in total. The summed E-state index contributed by atoms with van der Waals surface area (Å²) in [7, 11) is 3.12. The topological polar surface area (TPSA) is 91.4 Å². The van der Waals surface area contributed by atoms with Crippen molar-refractivity contribution in [1.82, 2.24) is 23.6 Å². The zero-order valence-electron chi connectivity index (χ0n) is 19.5. The highest BCUT2D eigenvalue weighted by atomic mass is 16.5. The minimum Gasteiger partial charge on any atom is -0.471 e. The molecule has 1 saturated heterocycles. The quantitative estimate of drug-likeness (QED) is 0.595. The van der Waals surface area contributed by atoms with Crippen LogP contribution in [0.25, 0.3) is 11.0 Å². The summed E-state index contributed by atoms with van der Waals surface area (Å²) in [4.78, 5) is 44.6. The Kier molecular flexibility index (Phi) is 4.95. The Morgan fingerprint density at radius 1 is 1.12 bits per heavy atom. The van der Waals surface area contributed by atoms with Gasteiger partial charge in [0.25, 0.3) is 11.5 Å². The number of likely N-dealkylation sites (tertiary alicyclic amines) is 1. The molecule has 0 saturated carbocycles. The summed E-state index contributed by atoms with van der Waals surface area (Å²) in [6.07, 6.45) is 4.36. The number of hydrogen-bond acceptors (Lipinski definition) is 5. The van der Waals surface area contributed by atoms with Gasteiger partial charge in [-0.1, -0.05) is 0 Å². The highest BCUT2D eigenvalue weighted by Crippen LogP contribution is 2.39. The number of carbonyl (C=O) groups excluding carboxylic acids is 1. The minimum absolute atomic E-state index is 0.0214. The maximum absolute atomic E-state index is 13.3. The Hall–Kier alpha value is -3.36. The van der Waals surface area contributed by atoms with Crippen molar-refractivity contribution in [2.75, 3.05) is 13.1 Å². The van der Waals surface area contributed by atoms with Gasteiger partial charge >= 0.3 is 5.69 Å². The highest BCUT2D eigenvalue weighted by molar-refractivity contribution is 5.97. The number of hydrogen-bond donors (Lipinski definition) is 0. The van der Waals surface area contributed by atoms with Crippen LogP contribution in [0, 0.1) is 0 Å². The van der Waals surface area contributed by atoms with Crippen molar-refractivity contribution in [3.05, 3.63) is 56.5 Å². The zero-order valence-corrected chi connectivity index (χ0v) is 19.5. The van der Waals surface area contributed by atoms with Crippen LogP contribution in [0.5, 0.6) is 5.88 Å². The van der Waals surface area contributed by atoms with E-state index in [2.05, 4.69) is 23.4 Å². The van der Waals surface area contributed by atoms with Gasteiger partial charge in [-0.25, -0.2) is 9.78 Å². The molecule has 1 spiro atoms. The number of amides is 1. The molecule has 9 heteroatoms. The van der Waals surface area contributed by atoms with E-state index in [4.69, 9.17) is 4.74 Å². The van der Waals surface area contributed by atoms with Crippen LogP contribution in [-0.2, 0) is 20.5 Å². The van der Waals surface area contributed by atoms with Crippen LogP contribution in [-0.4, -0.2) is 48.2 Å². The molecule has 2 aliphatic heterocycles. The first-order chi connectivity index (χ1) is 15.7. The fraction of sp³-hybridized carbons (Fsp3) is 0.500. The molecule has 0 radical (unpaired) electrons. The van der Waals surface area contributed by atoms with Crippen molar-refractivity contribution >= 4 is 16.9 Å². The van der Waals surface area contributed by atoms with Gasteiger partial charge in [0.1, 0.15) is 5.60 Å². The van der Waals surface area contributed by atoms with E-state index in [1.807, 2.05) is 29.4 Å². The minimum atomic E-state index is -0.560. The zero-order chi connectivity index (χ0) is 23.5. The molecule has 1 fully saturated rings. The van der Waals surface area contributed by atoms with Gasteiger partial charge in [0.05, 0.1) is 22.9 Å². The van der Waals surface area contributed by atoms with E-state index < -0.39 is 11.3 Å². The standard InChI is InChI=1S/C24H29N5O4/c1-15(2)29-14-25-18-12-16(6-7-19(18)29)20(30)28-10-5-8-24(9-11-28)13-17-21(31)26(3)23(32)27(4)22(17)33-24/h6-7,12,14-15H,5,8-11,13H2,1-4H3/t24-/m0/s1. The van der Waals surface area contributed by atoms with E-state index in [9.17, 15) is 14.4 Å². The Labute approximate surface area is 191 Å². The van der Waals surface area contributed by atoms with Crippen LogP contribution >= 0.6 is 0 Å². The lowest BCUT2D eigenvalue weighted by molar-refractivity contribution is 0.0636. The molecule has 1 aromatic carbocycles. The Balaban J connectivity index is 1.37. The summed E-state index contributed by atoms with van der Waals surface area (Å²) >= 11 is 0. The van der Waals surface area contributed by atoms with Crippen LogP contribution < -0.4 is 16.0 Å². The lowest BCUT2D eigenvalue weighted by atomic mass is 9.90. The first-order valence-corrected chi connectivity index (χ1v) is 11.4. The Bertz CT molecular complexity index is 1380. The SMILES string of the molecule is CC(C)n1cnc2cc(C(=O)N3CCC[C@]4(CC3)Cc3c(n(C)c(=O)n(C)c3=O)O4)ccc21. The largest absolute Gasteiger partial charge is 0.471 e. The third-order valence-corrected chi connectivity index (χ3v) is 7.07. The molecule has 2 aliphatic rings. The van der Waals surface area contributed by atoms with E-state index in [0.29, 0.717) is 49.0 Å². The number of rotatable bonds is 2. The monoisotopic (exact) mass is 451 g/mol. The number of ether oxygens (including phenoxy) is 1. The van der Waals surface area contributed by atoms with Gasteiger partial charge in [-0.2, -0.15) is 0 Å². The maximum Gasteiger partial charge on any atom is 0.333 e. The first-order valence-electron chi connectivity index (χ1n) is 11.4. The third kappa shape index (κ3) is 3.37. The van der Waals surface area contributed by atoms with Crippen LogP contribution in [0.15, 0.2) is 34.1 Å². The Morgan fingerprint density at radius 2 is 1.91 bits per heavy atom. The summed E-state index contributed by atoms with van der Waals surface area (Å²) in [5, 5.41) is 0. The van der Waals surface area contributed by atoms with Gasteiger partial charge in [0, 0.05) is 51.6 Å². The van der Waals surface area contributed by atoms with Crippen LogP contribution in [0.1, 0.15) is 55.1 Å². The van der Waals surface area contributed by atoms with Crippen LogP contribution in [0.4, 0.5) is 0 Å². The molecule has 3 aromatic rings. The molecule has 1 amide bonds. The van der Waals surface area contributed by atoms with Crippen molar-refractivity contribution in [1.29, 1.82) is 0 Å². The highest BCUT2D eigenvalue weighted by Gasteiger charge is 2.44. The summed E-state index contributed by atoms with van der Waals surface area (Å²) in [6, 6.07) is 5.98. The number of benzene rings is 1. The molecule has 0 aliphatic carbocycles. The van der Waals surface area contributed by atoms with Gasteiger partial charge in [0.2, 0.25) is 5.88 Å². The fourth-order valence-electron chi connectivity index (χ4n) is 5.15. The lowest BCUT2D eigenvalue weighted by Gasteiger charge is -2.27. The predicted molar refractivity (Wildman–Crippen MR) is 124 cm³/mol. The van der Waals surface area contributed by atoms with E-state index in [-0.39, 0.29) is 11.5 Å². The molecule has 0 unspecified atom stereocenters. The summed E-state index contributed by atoms with van der Waals surface area (Å²) in [5.74, 6) is 0.348. The van der Waals surface area contributed by atoms with Gasteiger partial charge < -0.3 is 14.2 Å². The summed E-state index contributed by atoms with van der Waals surface area (Å²) < 4.78 is 10.9. The number of fused-ring (bicyclic) bond motifs is 2. The molecular formula is C24H29N5O4. The average Bonchev–Trinajstić information content (AvgIpc) is 3.33. The molecule has 1 atom stereocenters. The number of aromatic nitrogens is 4. The van der Waals surface area contributed by atoms with Crippen LogP contribution in [0.2, 0.25) is 0 Å².